The number of aromatic nitrogens is 2. The molecule has 0 atom stereocenters. The molecule has 0 spiro atoms. The van der Waals surface area contributed by atoms with Crippen molar-refractivity contribution in [1.29, 1.82) is 5.41 Å². The molecule has 30 heavy (non-hydrogen) atoms. The van der Waals surface area contributed by atoms with Gasteiger partial charge in [-0.05, 0) is 31.6 Å². The number of benzene rings is 1. The molecule has 8 nitrogen and oxygen atoms in total. The van der Waals surface area contributed by atoms with Crippen LogP contribution in [0.15, 0.2) is 24.5 Å². The Morgan fingerprint density at radius 2 is 2.03 bits per heavy atom. The monoisotopic (exact) mass is 417 g/mol. The predicted octanol–water partition coefficient (Wildman–Crippen LogP) is 2.03. The topological polar surface area (TPSA) is 110 Å². The van der Waals surface area contributed by atoms with Crippen LogP contribution in [0.1, 0.15) is 31.2 Å². The Hall–Kier alpha value is -3.10. The molecule has 1 fully saturated rings. The van der Waals surface area contributed by atoms with Gasteiger partial charge < -0.3 is 20.1 Å². The Morgan fingerprint density at radius 1 is 1.30 bits per heavy atom. The maximum atomic E-state index is 13.9. The summed E-state index contributed by atoms with van der Waals surface area (Å²) in [7, 11) is 5.01. The number of aryl methyl sites for hydroxylation is 1. The first-order chi connectivity index (χ1) is 14.4. The summed E-state index contributed by atoms with van der Waals surface area (Å²) in [6.07, 6.45) is 7.11. The average molecular weight is 418 g/mol. The third-order valence-corrected chi connectivity index (χ3v) is 5.58. The molecule has 5 N–H and O–H groups in total. The van der Waals surface area contributed by atoms with Gasteiger partial charge in [-0.1, -0.05) is 0 Å². The number of anilines is 2. The molecule has 1 heterocycles. The van der Waals surface area contributed by atoms with E-state index < -0.39 is 5.82 Å². The van der Waals surface area contributed by atoms with Crippen molar-refractivity contribution in [2.24, 2.45) is 18.9 Å². The highest BCUT2D eigenvalue weighted by molar-refractivity contribution is 5.98. The van der Waals surface area contributed by atoms with E-state index in [1.54, 1.807) is 37.2 Å². The van der Waals surface area contributed by atoms with Crippen LogP contribution in [-0.4, -0.2) is 42.3 Å². The van der Waals surface area contributed by atoms with Crippen molar-refractivity contribution in [3.63, 3.8) is 0 Å². The largest absolute Gasteiger partial charge is 0.494 e. The van der Waals surface area contributed by atoms with Gasteiger partial charge in [0.25, 0.3) is 0 Å². The third-order valence-electron chi connectivity index (χ3n) is 5.58. The molecule has 0 radical (unpaired) electrons. The molecule has 2 aromatic rings. The highest BCUT2D eigenvalue weighted by Gasteiger charge is 2.29. The minimum atomic E-state index is -0.393. The van der Waals surface area contributed by atoms with Gasteiger partial charge in [-0.2, -0.15) is 5.10 Å². The van der Waals surface area contributed by atoms with Gasteiger partial charge in [-0.3, -0.25) is 10.1 Å². The maximum Gasteiger partial charge on any atom is 0.342 e. The summed E-state index contributed by atoms with van der Waals surface area (Å²) in [6, 6.07) is 3.11. The minimum Gasteiger partial charge on any atom is -0.494 e. The number of nitrogens with two attached hydrogens (primary N) is 1. The van der Waals surface area contributed by atoms with Crippen molar-refractivity contribution in [2.75, 3.05) is 31.3 Å². The molecule has 1 aliphatic carbocycles. The van der Waals surface area contributed by atoms with Gasteiger partial charge in [0.1, 0.15) is 0 Å². The van der Waals surface area contributed by atoms with E-state index in [4.69, 9.17) is 20.3 Å². The van der Waals surface area contributed by atoms with Gasteiger partial charge in [0.15, 0.2) is 11.6 Å². The fourth-order valence-electron chi connectivity index (χ4n) is 3.77. The average Bonchev–Trinajstić information content (AvgIpc) is 3.19. The predicted molar refractivity (Wildman–Crippen MR) is 114 cm³/mol. The lowest BCUT2D eigenvalue weighted by Crippen LogP contribution is -2.48. The first kappa shape index (κ1) is 21.6. The highest BCUT2D eigenvalue weighted by atomic mass is 19.1. The maximum absolute atomic E-state index is 13.9. The van der Waals surface area contributed by atoms with Crippen LogP contribution < -0.4 is 20.8 Å². The number of ether oxygens (including phenoxy) is 2. The number of hydrogen-bond acceptors (Lipinski definition) is 6. The second-order valence-electron chi connectivity index (χ2n) is 7.62. The Bertz CT molecular complexity index is 905. The summed E-state index contributed by atoms with van der Waals surface area (Å²) in [5.74, 6) is 0.862. The molecular formula is C21H30FN6O2+. The van der Waals surface area contributed by atoms with Gasteiger partial charge >= 0.3 is 5.90 Å². The number of nitrogens with one attached hydrogen (secondary N) is 3. The van der Waals surface area contributed by atoms with E-state index in [9.17, 15) is 4.39 Å². The number of hydrogen-bond donors (Lipinski definition) is 4. The fraction of sp³-hybridized carbons (Fsp3) is 0.476. The molecule has 1 aromatic carbocycles. The standard InChI is InChI=1S/C21H29FN6O2/c1-25-17-8-16(22)19(29-3)9-18(17)26-10-13-4-6-14(7-5-13)20(23)30-21(24)15-11-27-28(2)12-15/h8-9,11-14,23-26H,4-7,10H2,1-3H3/p+1. The summed E-state index contributed by atoms with van der Waals surface area (Å²) in [5.41, 5.74) is 2.12. The first-order valence-corrected chi connectivity index (χ1v) is 10.1. The Kier molecular flexibility index (Phi) is 6.91. The lowest BCUT2D eigenvalue weighted by molar-refractivity contribution is -0.141. The lowest BCUT2D eigenvalue weighted by atomic mass is 9.82. The molecule has 1 saturated carbocycles. The summed E-state index contributed by atoms with van der Waals surface area (Å²) in [5, 5.41) is 24.7. The zero-order valence-corrected chi connectivity index (χ0v) is 17.7. The van der Waals surface area contributed by atoms with Crippen molar-refractivity contribution in [1.82, 2.24) is 9.78 Å². The first-order valence-electron chi connectivity index (χ1n) is 10.1. The molecule has 0 aliphatic heterocycles. The van der Waals surface area contributed by atoms with Crippen LogP contribution in [0.4, 0.5) is 15.8 Å². The van der Waals surface area contributed by atoms with E-state index in [1.165, 1.54) is 13.2 Å². The molecule has 9 heteroatoms. The van der Waals surface area contributed by atoms with Gasteiger partial charge in [0, 0.05) is 39.0 Å². The van der Waals surface area contributed by atoms with Gasteiger partial charge in [0.05, 0.1) is 36.2 Å². The summed E-state index contributed by atoms with van der Waals surface area (Å²) < 4.78 is 26.2. The van der Waals surface area contributed by atoms with E-state index in [0.717, 1.165) is 37.9 Å². The quantitative estimate of drug-likeness (QED) is 0.407. The lowest BCUT2D eigenvalue weighted by Gasteiger charge is -2.27. The number of rotatable bonds is 7. The zero-order valence-electron chi connectivity index (χ0n) is 17.7. The van der Waals surface area contributed by atoms with E-state index in [1.807, 2.05) is 0 Å². The van der Waals surface area contributed by atoms with Crippen LogP contribution in [0, 0.1) is 23.1 Å². The molecule has 162 valence electrons. The summed E-state index contributed by atoms with van der Waals surface area (Å²) >= 11 is 0. The molecule has 0 unspecified atom stereocenters. The third kappa shape index (κ3) is 5.08. The van der Waals surface area contributed by atoms with Crippen molar-refractivity contribution >= 4 is 23.2 Å². The van der Waals surface area contributed by atoms with Crippen LogP contribution in [0.25, 0.3) is 0 Å². The van der Waals surface area contributed by atoms with Crippen LogP contribution in [-0.2, 0) is 11.8 Å². The van der Waals surface area contributed by atoms with Crippen molar-refractivity contribution in [3.8, 4) is 5.75 Å². The molecule has 1 aromatic heterocycles. The highest BCUT2D eigenvalue weighted by Crippen LogP contribution is 2.33. The van der Waals surface area contributed by atoms with Crippen LogP contribution in [0.2, 0.25) is 0 Å². The van der Waals surface area contributed by atoms with Crippen molar-refractivity contribution in [3.05, 3.63) is 35.9 Å². The van der Waals surface area contributed by atoms with Crippen LogP contribution in [0.3, 0.4) is 0 Å². The Balaban J connectivity index is 1.49. The van der Waals surface area contributed by atoms with E-state index >= 15 is 0 Å². The number of methoxy groups -OCH3 is 1. The minimum absolute atomic E-state index is 0.0224. The summed E-state index contributed by atoms with van der Waals surface area (Å²) in [6.45, 7) is 0.780. The number of nitrogens with zero attached hydrogens (tertiary/aromatic N) is 2. The molecule has 0 saturated heterocycles. The fourth-order valence-corrected chi connectivity index (χ4v) is 3.77. The Morgan fingerprint density at radius 3 is 2.63 bits per heavy atom. The van der Waals surface area contributed by atoms with Crippen molar-refractivity contribution < 1.29 is 19.3 Å². The normalized spacial score (nSPS) is 18.5. The van der Waals surface area contributed by atoms with E-state index in [-0.39, 0.29) is 17.6 Å². The molecule has 0 bridgehead atoms. The van der Waals surface area contributed by atoms with Gasteiger partial charge in [0.2, 0.25) is 5.90 Å². The van der Waals surface area contributed by atoms with Crippen LogP contribution in [0.5, 0.6) is 5.75 Å². The summed E-state index contributed by atoms with van der Waals surface area (Å²) in [4.78, 5) is 0. The SMILES string of the molecule is CNc1cc(F)c(OC)cc1NCC1CCC(C(=[NH2+])OC(=N)c2cnn(C)c2)CC1. The van der Waals surface area contributed by atoms with Crippen LogP contribution >= 0.6 is 0 Å². The van der Waals surface area contributed by atoms with E-state index in [2.05, 4.69) is 15.7 Å². The van der Waals surface area contributed by atoms with E-state index in [0.29, 0.717) is 23.1 Å². The van der Waals surface area contributed by atoms with Crippen molar-refractivity contribution in [2.45, 2.75) is 25.7 Å². The molecule has 3 rings (SSSR count). The second kappa shape index (κ2) is 9.60. The second-order valence-corrected chi connectivity index (χ2v) is 7.62. The zero-order chi connectivity index (χ0) is 21.7. The smallest absolute Gasteiger partial charge is 0.342 e. The van der Waals surface area contributed by atoms with Gasteiger partial charge in [-0.25, -0.2) is 9.80 Å². The molecule has 1 aliphatic rings. The van der Waals surface area contributed by atoms with Gasteiger partial charge in [-0.15, -0.1) is 0 Å². The molecular weight excluding hydrogens is 387 g/mol. The Labute approximate surface area is 175 Å². The molecule has 0 amide bonds. The number of halogens is 1.